The van der Waals surface area contributed by atoms with Crippen molar-refractivity contribution in [2.24, 2.45) is 0 Å². The van der Waals surface area contributed by atoms with Gasteiger partial charge in [0, 0.05) is 11.8 Å². The maximum absolute atomic E-state index is 13.7. The first-order chi connectivity index (χ1) is 17.0. The standard InChI is InChI=1S/C28H31NO6/c1-6-34-25-14-19-15-27(30)29(20-10-13-23(32-4)24(16-20)33-5)28(22(19)17-26(25)35-7-2)18-8-11-21(31-3)12-9-18/h8-14,16-17,28H,6-7,15H2,1-5H3. The Bertz CT molecular complexity index is 1190. The summed E-state index contributed by atoms with van der Waals surface area (Å²) in [6.45, 7) is 4.88. The van der Waals surface area contributed by atoms with Crippen LogP contribution < -0.4 is 28.6 Å². The molecule has 7 heteroatoms. The van der Waals surface area contributed by atoms with Crippen LogP contribution in [0.3, 0.4) is 0 Å². The lowest BCUT2D eigenvalue weighted by molar-refractivity contribution is -0.118. The Morgan fingerprint density at radius 2 is 1.43 bits per heavy atom. The van der Waals surface area contributed by atoms with Gasteiger partial charge in [-0.15, -0.1) is 0 Å². The highest BCUT2D eigenvalue weighted by Crippen LogP contribution is 2.45. The minimum absolute atomic E-state index is 0.0304. The molecule has 0 saturated carbocycles. The zero-order valence-electron chi connectivity index (χ0n) is 20.8. The first kappa shape index (κ1) is 24.3. The van der Waals surface area contributed by atoms with E-state index in [1.54, 1.807) is 21.3 Å². The van der Waals surface area contributed by atoms with Crippen LogP contribution in [0.2, 0.25) is 0 Å². The summed E-state index contributed by atoms with van der Waals surface area (Å²) >= 11 is 0. The molecule has 1 amide bonds. The van der Waals surface area contributed by atoms with E-state index < -0.39 is 0 Å². The number of carbonyl (C=O) groups excluding carboxylic acids is 1. The van der Waals surface area contributed by atoms with Crippen molar-refractivity contribution in [3.05, 3.63) is 71.3 Å². The number of nitrogens with zero attached hydrogens (tertiary/aromatic N) is 1. The Morgan fingerprint density at radius 3 is 2.03 bits per heavy atom. The lowest BCUT2D eigenvalue weighted by Gasteiger charge is -2.38. The SMILES string of the molecule is CCOc1cc2c(cc1OCC)C(c1ccc(OC)cc1)N(c1ccc(OC)c(OC)c1)C(=O)C2. The van der Waals surface area contributed by atoms with Crippen molar-refractivity contribution < 1.29 is 28.5 Å². The molecule has 0 radical (unpaired) electrons. The third-order valence-corrected chi connectivity index (χ3v) is 6.05. The van der Waals surface area contributed by atoms with Crippen molar-refractivity contribution in [2.75, 3.05) is 39.4 Å². The highest BCUT2D eigenvalue weighted by Gasteiger charge is 2.36. The van der Waals surface area contributed by atoms with E-state index in [9.17, 15) is 4.79 Å². The number of carbonyl (C=O) groups is 1. The van der Waals surface area contributed by atoms with Crippen molar-refractivity contribution in [1.29, 1.82) is 0 Å². The monoisotopic (exact) mass is 477 g/mol. The van der Waals surface area contributed by atoms with Crippen LogP contribution in [0, 0.1) is 0 Å². The summed E-state index contributed by atoms with van der Waals surface area (Å²) in [5.74, 6) is 3.18. The Labute approximate surface area is 206 Å². The van der Waals surface area contributed by atoms with E-state index in [0.29, 0.717) is 41.9 Å². The Balaban J connectivity index is 1.92. The van der Waals surface area contributed by atoms with Gasteiger partial charge in [-0.3, -0.25) is 4.79 Å². The highest BCUT2D eigenvalue weighted by atomic mass is 16.5. The van der Waals surface area contributed by atoms with E-state index >= 15 is 0 Å². The number of benzene rings is 3. The molecule has 1 aliphatic rings. The first-order valence-corrected chi connectivity index (χ1v) is 11.6. The predicted molar refractivity (Wildman–Crippen MR) is 134 cm³/mol. The molecule has 0 N–H and O–H groups in total. The molecular formula is C28H31NO6. The number of hydrogen-bond acceptors (Lipinski definition) is 6. The maximum Gasteiger partial charge on any atom is 0.232 e. The topological polar surface area (TPSA) is 66.5 Å². The maximum atomic E-state index is 13.7. The molecule has 0 aliphatic carbocycles. The summed E-state index contributed by atoms with van der Waals surface area (Å²) in [5.41, 5.74) is 3.56. The molecule has 0 spiro atoms. The van der Waals surface area contributed by atoms with E-state index in [0.717, 1.165) is 22.4 Å². The van der Waals surface area contributed by atoms with Gasteiger partial charge in [-0.2, -0.15) is 0 Å². The Hall–Kier alpha value is -3.87. The smallest absolute Gasteiger partial charge is 0.232 e. The summed E-state index contributed by atoms with van der Waals surface area (Å²) in [4.78, 5) is 15.5. The molecule has 4 rings (SSSR count). The van der Waals surface area contributed by atoms with Gasteiger partial charge in [-0.05, 0) is 66.9 Å². The number of hydrogen-bond donors (Lipinski definition) is 0. The van der Waals surface area contributed by atoms with E-state index in [2.05, 4.69) is 0 Å². The summed E-state index contributed by atoms with van der Waals surface area (Å²) in [5, 5.41) is 0. The fourth-order valence-electron chi connectivity index (χ4n) is 4.48. The van der Waals surface area contributed by atoms with Gasteiger partial charge in [-0.1, -0.05) is 12.1 Å². The van der Waals surface area contributed by atoms with E-state index in [4.69, 9.17) is 23.7 Å². The zero-order valence-corrected chi connectivity index (χ0v) is 20.8. The van der Waals surface area contributed by atoms with Crippen molar-refractivity contribution >= 4 is 11.6 Å². The third-order valence-electron chi connectivity index (χ3n) is 6.05. The number of amides is 1. The van der Waals surface area contributed by atoms with Crippen LogP contribution >= 0.6 is 0 Å². The molecule has 0 saturated heterocycles. The quantitative estimate of drug-likeness (QED) is 0.423. The van der Waals surface area contributed by atoms with Crippen molar-refractivity contribution in [1.82, 2.24) is 0 Å². The number of fused-ring (bicyclic) bond motifs is 1. The molecule has 0 aromatic heterocycles. The van der Waals surface area contributed by atoms with Gasteiger partial charge < -0.3 is 28.6 Å². The molecule has 3 aromatic rings. The highest BCUT2D eigenvalue weighted by molar-refractivity contribution is 5.98. The molecule has 184 valence electrons. The largest absolute Gasteiger partial charge is 0.497 e. The van der Waals surface area contributed by atoms with Gasteiger partial charge in [-0.25, -0.2) is 0 Å². The van der Waals surface area contributed by atoms with Gasteiger partial charge in [0.1, 0.15) is 5.75 Å². The van der Waals surface area contributed by atoms with Gasteiger partial charge in [0.25, 0.3) is 0 Å². The summed E-state index contributed by atoms with van der Waals surface area (Å²) in [6, 6.07) is 16.8. The fraction of sp³-hybridized carbons (Fsp3) is 0.321. The molecular weight excluding hydrogens is 446 g/mol. The Kier molecular flexibility index (Phi) is 7.34. The number of ether oxygens (including phenoxy) is 5. The second-order valence-corrected chi connectivity index (χ2v) is 8.02. The molecule has 1 heterocycles. The van der Waals surface area contributed by atoms with Crippen LogP contribution in [-0.4, -0.2) is 40.5 Å². The van der Waals surface area contributed by atoms with Crippen LogP contribution in [0.15, 0.2) is 54.6 Å². The van der Waals surface area contributed by atoms with Crippen molar-refractivity contribution in [3.8, 4) is 28.7 Å². The second-order valence-electron chi connectivity index (χ2n) is 8.02. The number of anilines is 1. The molecule has 3 aromatic carbocycles. The summed E-state index contributed by atoms with van der Waals surface area (Å²) in [6.07, 6.45) is 0.239. The van der Waals surface area contributed by atoms with Gasteiger partial charge in [0.15, 0.2) is 23.0 Å². The van der Waals surface area contributed by atoms with Crippen LogP contribution in [0.25, 0.3) is 0 Å². The third kappa shape index (κ3) is 4.71. The van der Waals surface area contributed by atoms with Crippen molar-refractivity contribution in [2.45, 2.75) is 26.3 Å². The molecule has 1 unspecified atom stereocenters. The van der Waals surface area contributed by atoms with Crippen LogP contribution in [0.1, 0.15) is 36.6 Å². The van der Waals surface area contributed by atoms with Crippen LogP contribution in [0.4, 0.5) is 5.69 Å². The molecule has 1 aliphatic heterocycles. The summed E-state index contributed by atoms with van der Waals surface area (Å²) < 4.78 is 28.0. The minimum atomic E-state index is -0.384. The normalized spacial score (nSPS) is 14.8. The van der Waals surface area contributed by atoms with E-state index in [1.165, 1.54) is 0 Å². The first-order valence-electron chi connectivity index (χ1n) is 11.6. The van der Waals surface area contributed by atoms with Gasteiger partial charge in [0.2, 0.25) is 5.91 Å². The number of methoxy groups -OCH3 is 3. The molecule has 0 fully saturated rings. The van der Waals surface area contributed by atoms with Crippen LogP contribution in [-0.2, 0) is 11.2 Å². The summed E-state index contributed by atoms with van der Waals surface area (Å²) in [7, 11) is 4.80. The zero-order chi connectivity index (χ0) is 24.9. The van der Waals surface area contributed by atoms with E-state index in [-0.39, 0.29) is 18.4 Å². The van der Waals surface area contributed by atoms with Crippen molar-refractivity contribution in [3.63, 3.8) is 0 Å². The molecule has 1 atom stereocenters. The molecule has 0 bridgehead atoms. The minimum Gasteiger partial charge on any atom is -0.497 e. The van der Waals surface area contributed by atoms with E-state index in [1.807, 2.05) is 73.3 Å². The Morgan fingerprint density at radius 1 is 0.771 bits per heavy atom. The number of rotatable bonds is 9. The molecule has 35 heavy (non-hydrogen) atoms. The van der Waals surface area contributed by atoms with Gasteiger partial charge >= 0.3 is 0 Å². The second kappa shape index (κ2) is 10.6. The fourth-order valence-corrected chi connectivity index (χ4v) is 4.48. The average Bonchev–Trinajstić information content (AvgIpc) is 2.88. The average molecular weight is 478 g/mol. The lowest BCUT2D eigenvalue weighted by atomic mass is 9.86. The van der Waals surface area contributed by atoms with Gasteiger partial charge in [0.05, 0.1) is 47.0 Å². The predicted octanol–water partition coefficient (Wildman–Crippen LogP) is 5.19. The lowest BCUT2D eigenvalue weighted by Crippen LogP contribution is -2.41. The van der Waals surface area contributed by atoms with Crippen LogP contribution in [0.5, 0.6) is 28.7 Å². The molecule has 7 nitrogen and oxygen atoms in total.